The molecule has 24 heavy (non-hydrogen) atoms. The number of phenols is 1. The number of rotatable bonds is 2. The summed E-state index contributed by atoms with van der Waals surface area (Å²) in [5.41, 5.74) is 14.1. The molecule has 0 atom stereocenters. The number of aromatic nitrogens is 1. The second-order valence-corrected chi connectivity index (χ2v) is 5.41. The number of carbonyl (C=O) groups excluding carboxylic acids is 1. The van der Waals surface area contributed by atoms with Gasteiger partial charge in [-0.15, -0.1) is 0 Å². The SMILES string of the molecule is Cc1ccccc1-c1cc(C(=O)N=C(N)N)c2cc(O)ccc2n1. The van der Waals surface area contributed by atoms with Gasteiger partial charge in [-0.2, -0.15) is 4.99 Å². The number of aryl methyl sites for hydroxylation is 1. The zero-order valence-electron chi connectivity index (χ0n) is 13.0. The zero-order valence-corrected chi connectivity index (χ0v) is 13.0. The van der Waals surface area contributed by atoms with Gasteiger partial charge in [-0.05, 0) is 36.8 Å². The molecule has 0 aliphatic carbocycles. The summed E-state index contributed by atoms with van der Waals surface area (Å²) in [6, 6.07) is 14.0. The number of benzene rings is 2. The first-order valence-electron chi connectivity index (χ1n) is 7.29. The van der Waals surface area contributed by atoms with Crippen molar-refractivity contribution in [2.24, 2.45) is 16.5 Å². The number of hydrogen-bond acceptors (Lipinski definition) is 3. The first-order chi connectivity index (χ1) is 11.5. The first-order valence-corrected chi connectivity index (χ1v) is 7.29. The number of phenolic OH excluding ortho intramolecular Hbond substituents is 1. The molecule has 5 N–H and O–H groups in total. The Hall–Kier alpha value is -3.41. The molecule has 2 aromatic carbocycles. The van der Waals surface area contributed by atoms with Crippen molar-refractivity contribution >= 4 is 22.8 Å². The molecule has 3 rings (SSSR count). The van der Waals surface area contributed by atoms with Gasteiger partial charge in [-0.3, -0.25) is 4.79 Å². The number of carbonyl (C=O) groups is 1. The summed E-state index contributed by atoms with van der Waals surface area (Å²) in [5, 5.41) is 10.2. The highest BCUT2D eigenvalue weighted by Gasteiger charge is 2.15. The van der Waals surface area contributed by atoms with Crippen molar-refractivity contribution in [3.8, 4) is 17.0 Å². The van der Waals surface area contributed by atoms with E-state index >= 15 is 0 Å². The Labute approximate surface area is 138 Å². The van der Waals surface area contributed by atoms with Gasteiger partial charge in [-0.25, -0.2) is 4.98 Å². The van der Waals surface area contributed by atoms with Crippen LogP contribution >= 0.6 is 0 Å². The lowest BCUT2D eigenvalue weighted by Crippen LogP contribution is -2.24. The fraction of sp³-hybridized carbons (Fsp3) is 0.0556. The number of aromatic hydroxyl groups is 1. The van der Waals surface area contributed by atoms with Gasteiger partial charge < -0.3 is 16.6 Å². The quantitative estimate of drug-likeness (QED) is 0.495. The standard InChI is InChI=1S/C18H16N4O2/c1-10-4-2-3-5-12(10)16-9-14(17(24)22-18(19)20)13-8-11(23)6-7-15(13)21-16/h2-9,23H,1H3,(H4,19,20,22,24). The molecule has 0 radical (unpaired) electrons. The largest absolute Gasteiger partial charge is 0.508 e. The predicted molar refractivity (Wildman–Crippen MR) is 93.7 cm³/mol. The van der Waals surface area contributed by atoms with Crippen molar-refractivity contribution in [1.29, 1.82) is 0 Å². The molecule has 120 valence electrons. The highest BCUT2D eigenvalue weighted by molar-refractivity contribution is 6.11. The van der Waals surface area contributed by atoms with Gasteiger partial charge in [0.1, 0.15) is 5.75 Å². The number of amides is 1. The molecule has 0 bridgehead atoms. The molecule has 0 spiro atoms. The van der Waals surface area contributed by atoms with Gasteiger partial charge in [0.05, 0.1) is 16.8 Å². The summed E-state index contributed by atoms with van der Waals surface area (Å²) in [5.74, 6) is -0.864. The van der Waals surface area contributed by atoms with Crippen molar-refractivity contribution in [3.05, 3.63) is 59.7 Å². The minimum absolute atomic E-state index is 0.0340. The molecular weight excluding hydrogens is 304 g/mol. The summed E-state index contributed by atoms with van der Waals surface area (Å²) >= 11 is 0. The molecule has 1 amide bonds. The number of guanidine groups is 1. The van der Waals surface area contributed by atoms with Crippen LogP contribution in [0.15, 0.2) is 53.5 Å². The van der Waals surface area contributed by atoms with Crippen LogP contribution in [0.25, 0.3) is 22.2 Å². The van der Waals surface area contributed by atoms with Gasteiger partial charge in [0.2, 0.25) is 0 Å². The average molecular weight is 320 g/mol. The topological polar surface area (TPSA) is 115 Å². The molecule has 3 aromatic rings. The van der Waals surface area contributed by atoms with E-state index in [4.69, 9.17) is 11.5 Å². The lowest BCUT2D eigenvalue weighted by atomic mass is 10.0. The summed E-state index contributed by atoms with van der Waals surface area (Å²) < 4.78 is 0. The lowest BCUT2D eigenvalue weighted by Gasteiger charge is -2.10. The Morgan fingerprint density at radius 2 is 1.88 bits per heavy atom. The van der Waals surface area contributed by atoms with Crippen molar-refractivity contribution in [1.82, 2.24) is 4.98 Å². The Morgan fingerprint density at radius 1 is 1.12 bits per heavy atom. The van der Waals surface area contributed by atoms with Gasteiger partial charge in [-0.1, -0.05) is 24.3 Å². The van der Waals surface area contributed by atoms with Crippen molar-refractivity contribution < 1.29 is 9.90 Å². The molecule has 0 aliphatic heterocycles. The maximum atomic E-state index is 12.4. The van der Waals surface area contributed by atoms with E-state index < -0.39 is 5.91 Å². The predicted octanol–water partition coefficient (Wildman–Crippen LogP) is 2.33. The second kappa shape index (κ2) is 6.00. The van der Waals surface area contributed by atoms with Gasteiger partial charge in [0.25, 0.3) is 5.91 Å². The van der Waals surface area contributed by atoms with E-state index in [1.54, 1.807) is 12.1 Å². The van der Waals surface area contributed by atoms with E-state index in [0.717, 1.165) is 11.1 Å². The number of pyridine rings is 1. The maximum Gasteiger partial charge on any atom is 0.280 e. The molecule has 0 fully saturated rings. The van der Waals surface area contributed by atoms with Crippen LogP contribution in [0.4, 0.5) is 0 Å². The molecule has 1 aromatic heterocycles. The van der Waals surface area contributed by atoms with Crippen LogP contribution in [0, 0.1) is 6.92 Å². The fourth-order valence-corrected chi connectivity index (χ4v) is 2.57. The molecule has 0 saturated carbocycles. The second-order valence-electron chi connectivity index (χ2n) is 5.41. The third-order valence-electron chi connectivity index (χ3n) is 3.67. The van der Waals surface area contributed by atoms with Gasteiger partial charge in [0.15, 0.2) is 5.96 Å². The summed E-state index contributed by atoms with van der Waals surface area (Å²) in [6.45, 7) is 1.97. The molecule has 6 heteroatoms. The third kappa shape index (κ3) is 2.89. The number of fused-ring (bicyclic) bond motifs is 1. The Balaban J connectivity index is 2.31. The Kier molecular flexibility index (Phi) is 3.87. The molecule has 0 aliphatic rings. The number of nitrogens with two attached hydrogens (primary N) is 2. The summed E-state index contributed by atoms with van der Waals surface area (Å²) in [7, 11) is 0. The van der Waals surface area contributed by atoms with E-state index in [2.05, 4.69) is 9.98 Å². The fourth-order valence-electron chi connectivity index (χ4n) is 2.57. The normalized spacial score (nSPS) is 10.5. The molecule has 0 unspecified atom stereocenters. The number of nitrogens with zero attached hydrogens (tertiary/aromatic N) is 2. The Morgan fingerprint density at radius 3 is 2.58 bits per heavy atom. The van der Waals surface area contributed by atoms with Crippen molar-refractivity contribution in [3.63, 3.8) is 0 Å². The minimum atomic E-state index is -0.581. The summed E-state index contributed by atoms with van der Waals surface area (Å²) in [6.07, 6.45) is 0. The molecular formula is C18H16N4O2. The van der Waals surface area contributed by atoms with Crippen LogP contribution in [0.3, 0.4) is 0 Å². The van der Waals surface area contributed by atoms with E-state index in [9.17, 15) is 9.90 Å². The zero-order chi connectivity index (χ0) is 17.3. The third-order valence-corrected chi connectivity index (χ3v) is 3.67. The highest BCUT2D eigenvalue weighted by atomic mass is 16.3. The van der Waals surface area contributed by atoms with Crippen LogP contribution in [0.2, 0.25) is 0 Å². The lowest BCUT2D eigenvalue weighted by molar-refractivity contribution is 0.100. The number of aliphatic imine (C=N–C) groups is 1. The van der Waals surface area contributed by atoms with E-state index in [0.29, 0.717) is 16.6 Å². The molecule has 6 nitrogen and oxygen atoms in total. The summed E-state index contributed by atoms with van der Waals surface area (Å²) in [4.78, 5) is 20.6. The van der Waals surface area contributed by atoms with E-state index in [1.807, 2.05) is 31.2 Å². The average Bonchev–Trinajstić information content (AvgIpc) is 2.53. The van der Waals surface area contributed by atoms with E-state index in [1.165, 1.54) is 12.1 Å². The van der Waals surface area contributed by atoms with Gasteiger partial charge >= 0.3 is 0 Å². The Bertz CT molecular complexity index is 976. The smallest absolute Gasteiger partial charge is 0.280 e. The van der Waals surface area contributed by atoms with Crippen molar-refractivity contribution in [2.75, 3.05) is 0 Å². The molecule has 1 heterocycles. The number of hydrogen-bond donors (Lipinski definition) is 3. The van der Waals surface area contributed by atoms with Gasteiger partial charge in [0, 0.05) is 10.9 Å². The first kappa shape index (κ1) is 15.5. The van der Waals surface area contributed by atoms with Crippen LogP contribution < -0.4 is 11.5 Å². The van der Waals surface area contributed by atoms with Crippen LogP contribution in [0.5, 0.6) is 5.75 Å². The van der Waals surface area contributed by atoms with Crippen molar-refractivity contribution in [2.45, 2.75) is 6.92 Å². The van der Waals surface area contributed by atoms with Crippen LogP contribution in [-0.4, -0.2) is 22.0 Å². The highest BCUT2D eigenvalue weighted by Crippen LogP contribution is 2.29. The monoisotopic (exact) mass is 320 g/mol. The van der Waals surface area contributed by atoms with Crippen LogP contribution in [-0.2, 0) is 0 Å². The minimum Gasteiger partial charge on any atom is -0.508 e. The van der Waals surface area contributed by atoms with E-state index in [-0.39, 0.29) is 17.3 Å². The molecule has 0 saturated heterocycles. The van der Waals surface area contributed by atoms with Crippen LogP contribution in [0.1, 0.15) is 15.9 Å². The maximum absolute atomic E-state index is 12.4.